The van der Waals surface area contributed by atoms with Gasteiger partial charge in [0.15, 0.2) is 0 Å². The molecule has 0 aliphatic rings. The van der Waals surface area contributed by atoms with Crippen LogP contribution in [0.25, 0.3) is 0 Å². The van der Waals surface area contributed by atoms with E-state index in [2.05, 4.69) is 31.9 Å². The number of rotatable bonds is 2. The molecule has 1 atom stereocenters. The number of anilines is 1. The first-order chi connectivity index (χ1) is 6.06. The minimum atomic E-state index is 0. The van der Waals surface area contributed by atoms with Gasteiger partial charge in [-0.05, 0) is 40.0 Å². The highest BCUT2D eigenvalue weighted by Crippen LogP contribution is 2.31. The Morgan fingerprint density at radius 2 is 1.93 bits per heavy atom. The molecule has 1 aromatic carbocycles. The second-order valence-corrected chi connectivity index (χ2v) is 4.68. The van der Waals surface area contributed by atoms with E-state index in [1.165, 1.54) is 0 Å². The number of halogens is 3. The summed E-state index contributed by atoms with van der Waals surface area (Å²) in [5.41, 5.74) is 13.5. The molecule has 14 heavy (non-hydrogen) atoms. The molecule has 0 unspecified atom stereocenters. The zero-order valence-corrected chi connectivity index (χ0v) is 11.7. The second-order valence-electron chi connectivity index (χ2n) is 2.91. The van der Waals surface area contributed by atoms with Crippen LogP contribution in [0, 0.1) is 0 Å². The van der Waals surface area contributed by atoms with E-state index < -0.39 is 0 Å². The quantitative estimate of drug-likeness (QED) is 0.805. The van der Waals surface area contributed by atoms with Crippen molar-refractivity contribution in [1.82, 2.24) is 0 Å². The lowest BCUT2D eigenvalue weighted by Gasteiger charge is -2.13. The molecule has 0 heterocycles. The summed E-state index contributed by atoms with van der Waals surface area (Å²) >= 11 is 6.79. The van der Waals surface area contributed by atoms with Crippen LogP contribution in [0.4, 0.5) is 5.69 Å². The Bertz CT molecular complexity index is 318. The standard InChI is InChI=1S/C9H12Br2N2.ClH/c1-2-8(12)6-3-5(10)4-7(11)9(6)13;/h3-4,8H,2,12-13H2,1H3;1H/t8-;/m0./s1. The number of nitrogen functional groups attached to an aromatic ring is 1. The number of benzene rings is 1. The molecule has 1 aromatic rings. The first-order valence-electron chi connectivity index (χ1n) is 4.06. The van der Waals surface area contributed by atoms with Crippen molar-refractivity contribution in [3.8, 4) is 0 Å². The summed E-state index contributed by atoms with van der Waals surface area (Å²) in [7, 11) is 0. The minimum Gasteiger partial charge on any atom is -0.398 e. The first-order valence-corrected chi connectivity index (χ1v) is 5.64. The zero-order valence-electron chi connectivity index (χ0n) is 7.76. The highest BCUT2D eigenvalue weighted by atomic mass is 79.9. The van der Waals surface area contributed by atoms with Gasteiger partial charge in [0.2, 0.25) is 0 Å². The Hall–Kier alpha value is 0.230. The van der Waals surface area contributed by atoms with E-state index in [0.29, 0.717) is 0 Å². The van der Waals surface area contributed by atoms with Crippen LogP contribution in [-0.2, 0) is 0 Å². The van der Waals surface area contributed by atoms with Gasteiger partial charge < -0.3 is 11.5 Å². The lowest BCUT2D eigenvalue weighted by molar-refractivity contribution is 0.700. The molecular weight excluding hydrogens is 331 g/mol. The molecule has 4 N–H and O–H groups in total. The fraction of sp³-hybridized carbons (Fsp3) is 0.333. The molecule has 0 aliphatic heterocycles. The predicted octanol–water partition coefficient (Wildman–Crippen LogP) is 3.63. The van der Waals surface area contributed by atoms with Gasteiger partial charge in [-0.3, -0.25) is 0 Å². The van der Waals surface area contributed by atoms with E-state index in [4.69, 9.17) is 11.5 Å². The Morgan fingerprint density at radius 1 is 1.36 bits per heavy atom. The topological polar surface area (TPSA) is 52.0 Å². The van der Waals surface area contributed by atoms with E-state index in [-0.39, 0.29) is 18.4 Å². The van der Waals surface area contributed by atoms with Crippen molar-refractivity contribution in [1.29, 1.82) is 0 Å². The molecule has 0 saturated heterocycles. The van der Waals surface area contributed by atoms with Crippen LogP contribution < -0.4 is 11.5 Å². The summed E-state index contributed by atoms with van der Waals surface area (Å²) in [5, 5.41) is 0. The fourth-order valence-corrected chi connectivity index (χ4v) is 2.39. The minimum absolute atomic E-state index is 0. The average Bonchev–Trinajstić information content (AvgIpc) is 2.10. The van der Waals surface area contributed by atoms with E-state index in [1.807, 2.05) is 19.1 Å². The van der Waals surface area contributed by atoms with Crippen LogP contribution >= 0.6 is 44.3 Å². The number of hydrogen-bond donors (Lipinski definition) is 2. The summed E-state index contributed by atoms with van der Waals surface area (Å²) < 4.78 is 1.88. The molecule has 0 radical (unpaired) electrons. The van der Waals surface area contributed by atoms with Gasteiger partial charge in [0, 0.05) is 15.0 Å². The summed E-state index contributed by atoms with van der Waals surface area (Å²) in [6, 6.07) is 3.89. The third-order valence-electron chi connectivity index (χ3n) is 1.97. The largest absolute Gasteiger partial charge is 0.398 e. The van der Waals surface area contributed by atoms with E-state index in [9.17, 15) is 0 Å². The van der Waals surface area contributed by atoms with Gasteiger partial charge in [-0.2, -0.15) is 0 Å². The van der Waals surface area contributed by atoms with Gasteiger partial charge >= 0.3 is 0 Å². The lowest BCUT2D eigenvalue weighted by Crippen LogP contribution is -2.11. The summed E-state index contributed by atoms with van der Waals surface area (Å²) in [6.07, 6.45) is 0.882. The lowest BCUT2D eigenvalue weighted by atomic mass is 10.0. The smallest absolute Gasteiger partial charge is 0.0507 e. The maximum Gasteiger partial charge on any atom is 0.0507 e. The van der Waals surface area contributed by atoms with Crippen molar-refractivity contribution >= 4 is 50.0 Å². The summed E-state index contributed by atoms with van der Waals surface area (Å²) in [4.78, 5) is 0. The van der Waals surface area contributed by atoms with Gasteiger partial charge in [0.1, 0.15) is 0 Å². The molecular formula is C9H13Br2ClN2. The first kappa shape index (κ1) is 14.2. The molecule has 1 rings (SSSR count). The number of hydrogen-bond acceptors (Lipinski definition) is 2. The number of nitrogens with two attached hydrogens (primary N) is 2. The molecule has 5 heteroatoms. The summed E-state index contributed by atoms with van der Waals surface area (Å²) in [6.45, 7) is 2.04. The van der Waals surface area contributed by atoms with Crippen molar-refractivity contribution in [2.24, 2.45) is 5.73 Å². The van der Waals surface area contributed by atoms with E-state index in [1.54, 1.807) is 0 Å². The zero-order chi connectivity index (χ0) is 10.0. The van der Waals surface area contributed by atoms with Crippen molar-refractivity contribution in [2.45, 2.75) is 19.4 Å². The van der Waals surface area contributed by atoms with Crippen molar-refractivity contribution in [3.63, 3.8) is 0 Å². The fourth-order valence-electron chi connectivity index (χ4n) is 1.13. The molecule has 2 nitrogen and oxygen atoms in total. The van der Waals surface area contributed by atoms with Crippen LogP contribution in [0.1, 0.15) is 24.9 Å². The Kier molecular flexibility index (Phi) is 6.05. The van der Waals surface area contributed by atoms with Gasteiger partial charge in [0.05, 0.1) is 5.69 Å². The monoisotopic (exact) mass is 342 g/mol. The van der Waals surface area contributed by atoms with Crippen LogP contribution in [0.5, 0.6) is 0 Å². The van der Waals surface area contributed by atoms with Crippen molar-refractivity contribution in [2.75, 3.05) is 5.73 Å². The molecule has 0 aliphatic carbocycles. The summed E-state index contributed by atoms with van der Waals surface area (Å²) in [5.74, 6) is 0. The van der Waals surface area contributed by atoms with Crippen LogP contribution in [0.2, 0.25) is 0 Å². The van der Waals surface area contributed by atoms with Crippen molar-refractivity contribution < 1.29 is 0 Å². The molecule has 0 amide bonds. The van der Waals surface area contributed by atoms with E-state index >= 15 is 0 Å². The second kappa shape index (κ2) is 5.95. The Labute approximate surface area is 107 Å². The highest BCUT2D eigenvalue weighted by Gasteiger charge is 2.10. The van der Waals surface area contributed by atoms with Crippen LogP contribution in [-0.4, -0.2) is 0 Å². The normalized spacial score (nSPS) is 12.0. The molecule has 80 valence electrons. The van der Waals surface area contributed by atoms with Crippen molar-refractivity contribution in [3.05, 3.63) is 26.6 Å². The van der Waals surface area contributed by atoms with Crippen LogP contribution in [0.3, 0.4) is 0 Å². The maximum atomic E-state index is 5.91. The van der Waals surface area contributed by atoms with Gasteiger partial charge in [-0.15, -0.1) is 12.4 Å². The third kappa shape index (κ3) is 3.12. The average molecular weight is 344 g/mol. The van der Waals surface area contributed by atoms with Crippen LogP contribution in [0.15, 0.2) is 21.1 Å². The van der Waals surface area contributed by atoms with Gasteiger partial charge in [-0.1, -0.05) is 22.9 Å². The predicted molar refractivity (Wildman–Crippen MR) is 70.7 cm³/mol. The Morgan fingerprint density at radius 3 is 2.43 bits per heavy atom. The maximum absolute atomic E-state index is 5.91. The van der Waals surface area contributed by atoms with Gasteiger partial charge in [0.25, 0.3) is 0 Å². The van der Waals surface area contributed by atoms with E-state index in [0.717, 1.165) is 26.6 Å². The highest BCUT2D eigenvalue weighted by molar-refractivity contribution is 9.11. The molecule has 0 aromatic heterocycles. The van der Waals surface area contributed by atoms with Gasteiger partial charge in [-0.25, -0.2) is 0 Å². The molecule has 0 spiro atoms. The third-order valence-corrected chi connectivity index (χ3v) is 3.08. The SMILES string of the molecule is CC[C@H](N)c1cc(Br)cc(Br)c1N.Cl. The Balaban J connectivity index is 0.00000169. The molecule has 0 fully saturated rings. The molecule has 0 bridgehead atoms. The molecule has 0 saturated carbocycles.